The van der Waals surface area contributed by atoms with Crippen molar-refractivity contribution < 1.29 is 27.5 Å². The molecule has 182 valence electrons. The molecule has 2 aliphatic rings. The van der Waals surface area contributed by atoms with Crippen LogP contribution in [0.25, 0.3) is 0 Å². The quantitative estimate of drug-likeness (QED) is 0.644. The van der Waals surface area contributed by atoms with E-state index in [0.29, 0.717) is 43.0 Å². The number of hydrogen-bond donors (Lipinski definition) is 1. The first-order valence-corrected chi connectivity index (χ1v) is 12.7. The van der Waals surface area contributed by atoms with Crippen molar-refractivity contribution in [2.24, 2.45) is 5.92 Å². The Morgan fingerprint density at radius 1 is 1.00 bits per heavy atom. The van der Waals surface area contributed by atoms with Crippen LogP contribution in [0.4, 0.5) is 11.4 Å². The molecule has 0 bridgehead atoms. The van der Waals surface area contributed by atoms with Gasteiger partial charge in [-0.25, -0.2) is 8.42 Å². The van der Waals surface area contributed by atoms with Crippen molar-refractivity contribution >= 4 is 33.2 Å². The second-order valence-corrected chi connectivity index (χ2v) is 10.3. The van der Waals surface area contributed by atoms with Crippen LogP contribution in [0.3, 0.4) is 0 Å². The largest absolute Gasteiger partial charge is 0.493 e. The van der Waals surface area contributed by atoms with Crippen molar-refractivity contribution in [1.29, 1.82) is 0 Å². The maximum Gasteiger partial charge on any atom is 0.243 e. The summed E-state index contributed by atoms with van der Waals surface area (Å²) in [5.74, 6) is 0.444. The summed E-state index contributed by atoms with van der Waals surface area (Å²) in [7, 11) is -0.774. The number of nitrogens with zero attached hydrogens (tertiary/aromatic N) is 2. The SMILES string of the molecule is COc1ccc(S(=O)(=O)N2CCC(C(=O)Nc3cccc(N4CCCC4=O)c3)CC2)cc1OC. The van der Waals surface area contributed by atoms with Gasteiger partial charge in [0, 0.05) is 49.4 Å². The lowest BCUT2D eigenvalue weighted by atomic mass is 9.97. The van der Waals surface area contributed by atoms with E-state index in [1.807, 2.05) is 12.1 Å². The smallest absolute Gasteiger partial charge is 0.243 e. The Morgan fingerprint density at radius 2 is 1.74 bits per heavy atom. The molecule has 9 nitrogen and oxygen atoms in total. The summed E-state index contributed by atoms with van der Waals surface area (Å²) in [6.07, 6.45) is 2.22. The van der Waals surface area contributed by atoms with Gasteiger partial charge in [0.15, 0.2) is 11.5 Å². The van der Waals surface area contributed by atoms with Crippen LogP contribution in [-0.2, 0) is 19.6 Å². The van der Waals surface area contributed by atoms with Crippen molar-refractivity contribution in [3.63, 3.8) is 0 Å². The van der Waals surface area contributed by atoms with Crippen molar-refractivity contribution in [1.82, 2.24) is 4.31 Å². The van der Waals surface area contributed by atoms with E-state index in [0.717, 1.165) is 12.1 Å². The van der Waals surface area contributed by atoms with Crippen LogP contribution < -0.4 is 19.7 Å². The molecule has 2 heterocycles. The summed E-state index contributed by atoms with van der Waals surface area (Å²) >= 11 is 0. The molecule has 0 aromatic heterocycles. The third-order valence-corrected chi connectivity index (χ3v) is 8.21. The van der Waals surface area contributed by atoms with Crippen LogP contribution in [0.5, 0.6) is 11.5 Å². The molecule has 0 spiro atoms. The van der Waals surface area contributed by atoms with Crippen molar-refractivity contribution in [2.75, 3.05) is 44.1 Å². The number of piperidine rings is 1. The van der Waals surface area contributed by atoms with Gasteiger partial charge < -0.3 is 19.7 Å². The molecule has 0 atom stereocenters. The minimum Gasteiger partial charge on any atom is -0.493 e. The lowest BCUT2D eigenvalue weighted by Crippen LogP contribution is -2.41. The summed E-state index contributed by atoms with van der Waals surface area (Å²) in [6.45, 7) is 1.18. The molecule has 2 amide bonds. The molecule has 2 fully saturated rings. The number of carbonyl (C=O) groups is 2. The van der Waals surface area contributed by atoms with Crippen LogP contribution in [0.2, 0.25) is 0 Å². The average molecular weight is 488 g/mol. The highest BCUT2D eigenvalue weighted by Gasteiger charge is 2.33. The number of ether oxygens (including phenoxy) is 2. The summed E-state index contributed by atoms with van der Waals surface area (Å²) in [5, 5.41) is 2.93. The predicted octanol–water partition coefficient (Wildman–Crippen LogP) is 2.87. The number of methoxy groups -OCH3 is 2. The van der Waals surface area contributed by atoms with Crippen LogP contribution in [0.15, 0.2) is 47.4 Å². The van der Waals surface area contributed by atoms with E-state index in [1.165, 1.54) is 30.7 Å². The fourth-order valence-electron chi connectivity index (χ4n) is 4.40. The Morgan fingerprint density at radius 3 is 2.38 bits per heavy atom. The van der Waals surface area contributed by atoms with E-state index in [4.69, 9.17) is 9.47 Å². The Bertz CT molecular complexity index is 1170. The number of rotatable bonds is 7. The molecule has 0 radical (unpaired) electrons. The first-order valence-electron chi connectivity index (χ1n) is 11.3. The second-order valence-electron chi connectivity index (χ2n) is 8.38. The molecule has 1 N–H and O–H groups in total. The first-order chi connectivity index (χ1) is 16.3. The standard InChI is InChI=1S/C24H29N3O6S/c1-32-21-9-8-20(16-22(21)33-2)34(30,31)26-13-10-17(11-14-26)24(29)25-18-5-3-6-19(15-18)27-12-4-7-23(27)28/h3,5-6,8-9,15-17H,4,7,10-14H2,1-2H3,(H,25,29). The molecular formula is C24H29N3O6S. The van der Waals surface area contributed by atoms with Gasteiger partial charge in [0.05, 0.1) is 19.1 Å². The van der Waals surface area contributed by atoms with Gasteiger partial charge in [0.25, 0.3) is 0 Å². The molecule has 0 aliphatic carbocycles. The van der Waals surface area contributed by atoms with E-state index < -0.39 is 10.0 Å². The number of benzene rings is 2. The number of sulfonamides is 1. The number of nitrogens with one attached hydrogen (secondary N) is 1. The molecule has 4 rings (SSSR count). The monoisotopic (exact) mass is 487 g/mol. The molecule has 0 unspecified atom stereocenters. The molecule has 2 aromatic rings. The Hall–Kier alpha value is -3.11. The van der Waals surface area contributed by atoms with Gasteiger partial charge in [-0.3, -0.25) is 9.59 Å². The molecule has 10 heteroatoms. The van der Waals surface area contributed by atoms with E-state index >= 15 is 0 Å². The highest BCUT2D eigenvalue weighted by Crippen LogP contribution is 2.32. The van der Waals surface area contributed by atoms with E-state index in [9.17, 15) is 18.0 Å². The van der Waals surface area contributed by atoms with E-state index in [-0.39, 0.29) is 35.7 Å². The Labute approximate surface area is 199 Å². The minimum atomic E-state index is -3.72. The van der Waals surface area contributed by atoms with Gasteiger partial charge in [-0.1, -0.05) is 6.07 Å². The predicted molar refractivity (Wildman–Crippen MR) is 128 cm³/mol. The van der Waals surface area contributed by atoms with Gasteiger partial charge in [-0.2, -0.15) is 4.31 Å². The first kappa shape index (κ1) is 24.0. The molecule has 34 heavy (non-hydrogen) atoms. The lowest BCUT2D eigenvalue weighted by Gasteiger charge is -2.30. The minimum absolute atomic E-state index is 0.0894. The zero-order chi connectivity index (χ0) is 24.3. The third-order valence-electron chi connectivity index (χ3n) is 6.32. The lowest BCUT2D eigenvalue weighted by molar-refractivity contribution is -0.121. The second kappa shape index (κ2) is 10.0. The highest BCUT2D eigenvalue weighted by atomic mass is 32.2. The van der Waals surface area contributed by atoms with Gasteiger partial charge in [-0.15, -0.1) is 0 Å². The number of amides is 2. The molecule has 2 aliphatic heterocycles. The summed E-state index contributed by atoms with van der Waals surface area (Å²) in [6, 6.07) is 11.8. The third kappa shape index (κ3) is 4.88. The number of carbonyl (C=O) groups excluding carboxylic acids is 2. The summed E-state index contributed by atoms with van der Waals surface area (Å²) < 4.78 is 38.0. The Kier molecular flexibility index (Phi) is 7.08. The van der Waals surface area contributed by atoms with E-state index in [1.54, 1.807) is 23.1 Å². The van der Waals surface area contributed by atoms with Crippen molar-refractivity contribution in [3.05, 3.63) is 42.5 Å². The van der Waals surface area contributed by atoms with Crippen LogP contribution in [0.1, 0.15) is 25.7 Å². The van der Waals surface area contributed by atoms with Gasteiger partial charge >= 0.3 is 0 Å². The highest BCUT2D eigenvalue weighted by molar-refractivity contribution is 7.89. The normalized spacial score (nSPS) is 17.6. The molecule has 2 saturated heterocycles. The average Bonchev–Trinajstić information content (AvgIpc) is 3.29. The fourth-order valence-corrected chi connectivity index (χ4v) is 5.89. The maximum absolute atomic E-state index is 13.1. The molecule has 0 saturated carbocycles. The topological polar surface area (TPSA) is 105 Å². The van der Waals surface area contributed by atoms with Crippen molar-refractivity contribution in [2.45, 2.75) is 30.6 Å². The summed E-state index contributed by atoms with van der Waals surface area (Å²) in [4.78, 5) is 26.7. The maximum atomic E-state index is 13.1. The van der Waals surface area contributed by atoms with Crippen molar-refractivity contribution in [3.8, 4) is 11.5 Å². The number of anilines is 2. The summed E-state index contributed by atoms with van der Waals surface area (Å²) in [5.41, 5.74) is 1.40. The zero-order valence-corrected chi connectivity index (χ0v) is 20.1. The Balaban J connectivity index is 1.38. The zero-order valence-electron chi connectivity index (χ0n) is 19.3. The van der Waals surface area contributed by atoms with E-state index in [2.05, 4.69) is 5.32 Å². The van der Waals surface area contributed by atoms with Crippen LogP contribution in [0, 0.1) is 5.92 Å². The van der Waals surface area contributed by atoms with Crippen LogP contribution in [-0.4, -0.2) is 58.4 Å². The number of hydrogen-bond acceptors (Lipinski definition) is 6. The molecular weight excluding hydrogens is 458 g/mol. The van der Waals surface area contributed by atoms with Gasteiger partial charge in [-0.05, 0) is 49.6 Å². The van der Waals surface area contributed by atoms with Crippen LogP contribution >= 0.6 is 0 Å². The van der Waals surface area contributed by atoms with Gasteiger partial charge in [0.2, 0.25) is 21.8 Å². The fraction of sp³-hybridized carbons (Fsp3) is 0.417. The van der Waals surface area contributed by atoms with Gasteiger partial charge in [0.1, 0.15) is 0 Å². The molecule has 2 aromatic carbocycles.